The molecule has 1 atom stereocenters. The van der Waals surface area contributed by atoms with E-state index in [4.69, 9.17) is 10.5 Å². The van der Waals surface area contributed by atoms with Crippen LogP contribution in [0, 0.1) is 0 Å². The predicted molar refractivity (Wildman–Crippen MR) is 71.0 cm³/mol. The highest BCUT2D eigenvalue weighted by molar-refractivity contribution is 5.40. The zero-order valence-corrected chi connectivity index (χ0v) is 10.6. The Morgan fingerprint density at radius 1 is 1.47 bits per heavy atom. The van der Waals surface area contributed by atoms with Gasteiger partial charge in [0.2, 0.25) is 0 Å². The Balaban J connectivity index is 1.71. The van der Waals surface area contributed by atoms with Crippen molar-refractivity contribution in [1.82, 2.24) is 4.90 Å². The quantitative estimate of drug-likeness (QED) is 0.791. The highest BCUT2D eigenvalue weighted by Crippen LogP contribution is 2.13. The van der Waals surface area contributed by atoms with Crippen LogP contribution in [0.1, 0.15) is 18.4 Å². The minimum Gasteiger partial charge on any atom is -0.399 e. The first kappa shape index (κ1) is 12.4. The fraction of sp³-hybridized carbons (Fsp3) is 0.571. The van der Waals surface area contributed by atoms with Gasteiger partial charge in [0.25, 0.3) is 0 Å². The molecule has 1 heterocycles. The molecule has 1 unspecified atom stereocenters. The first-order chi connectivity index (χ1) is 8.25. The van der Waals surface area contributed by atoms with Crippen LogP contribution in [0.3, 0.4) is 0 Å². The van der Waals surface area contributed by atoms with Crippen molar-refractivity contribution >= 4 is 5.69 Å². The van der Waals surface area contributed by atoms with E-state index in [2.05, 4.69) is 24.1 Å². The van der Waals surface area contributed by atoms with Gasteiger partial charge in [0, 0.05) is 18.3 Å². The van der Waals surface area contributed by atoms with Crippen molar-refractivity contribution in [2.75, 3.05) is 32.5 Å². The van der Waals surface area contributed by atoms with Crippen LogP contribution in [0.25, 0.3) is 0 Å². The zero-order chi connectivity index (χ0) is 12.1. The average Bonchev–Trinajstić information content (AvgIpc) is 2.82. The standard InChI is InChI=1S/C14H22N2O/c1-16(14-7-9-17-11-14)8-3-5-12-4-2-6-13(15)10-12/h2,4,6,10,14H,3,5,7-9,11,15H2,1H3. The third-order valence-corrected chi connectivity index (χ3v) is 3.46. The number of rotatable bonds is 5. The molecule has 1 aromatic rings. The van der Waals surface area contributed by atoms with Gasteiger partial charge >= 0.3 is 0 Å². The van der Waals surface area contributed by atoms with Crippen LogP contribution < -0.4 is 5.73 Å². The molecule has 1 fully saturated rings. The van der Waals surface area contributed by atoms with Gasteiger partial charge in [0.15, 0.2) is 0 Å². The Morgan fingerprint density at radius 3 is 3.06 bits per heavy atom. The molecule has 0 aliphatic carbocycles. The lowest BCUT2D eigenvalue weighted by Crippen LogP contribution is -2.32. The van der Waals surface area contributed by atoms with Gasteiger partial charge in [-0.15, -0.1) is 0 Å². The summed E-state index contributed by atoms with van der Waals surface area (Å²) in [7, 11) is 2.19. The molecule has 1 saturated heterocycles. The molecule has 0 amide bonds. The number of likely N-dealkylation sites (N-methyl/N-ethyl adjacent to an activating group) is 1. The molecular weight excluding hydrogens is 212 g/mol. The van der Waals surface area contributed by atoms with Crippen LogP contribution in [0.4, 0.5) is 5.69 Å². The number of nitrogens with zero attached hydrogens (tertiary/aromatic N) is 1. The molecule has 1 aromatic carbocycles. The maximum absolute atomic E-state index is 5.76. The summed E-state index contributed by atoms with van der Waals surface area (Å²) < 4.78 is 5.40. The number of benzene rings is 1. The van der Waals surface area contributed by atoms with Crippen molar-refractivity contribution in [3.8, 4) is 0 Å². The van der Waals surface area contributed by atoms with Gasteiger partial charge in [-0.1, -0.05) is 12.1 Å². The smallest absolute Gasteiger partial charge is 0.0622 e. The van der Waals surface area contributed by atoms with Crippen molar-refractivity contribution in [2.24, 2.45) is 0 Å². The third kappa shape index (κ3) is 3.72. The lowest BCUT2D eigenvalue weighted by molar-refractivity contribution is 0.159. The number of ether oxygens (including phenoxy) is 1. The fourth-order valence-corrected chi connectivity index (χ4v) is 2.33. The van der Waals surface area contributed by atoms with Gasteiger partial charge in [-0.05, 0) is 50.6 Å². The van der Waals surface area contributed by atoms with Gasteiger partial charge in [-0.25, -0.2) is 0 Å². The van der Waals surface area contributed by atoms with Crippen molar-refractivity contribution in [1.29, 1.82) is 0 Å². The molecule has 2 rings (SSSR count). The number of anilines is 1. The first-order valence-corrected chi connectivity index (χ1v) is 6.38. The molecule has 17 heavy (non-hydrogen) atoms. The summed E-state index contributed by atoms with van der Waals surface area (Å²) in [5.74, 6) is 0. The number of nitrogen functional groups attached to an aromatic ring is 1. The maximum Gasteiger partial charge on any atom is 0.0622 e. The monoisotopic (exact) mass is 234 g/mol. The second-order valence-electron chi connectivity index (χ2n) is 4.85. The topological polar surface area (TPSA) is 38.5 Å². The van der Waals surface area contributed by atoms with E-state index < -0.39 is 0 Å². The van der Waals surface area contributed by atoms with Gasteiger partial charge in [0.05, 0.1) is 6.61 Å². The van der Waals surface area contributed by atoms with Crippen molar-refractivity contribution in [2.45, 2.75) is 25.3 Å². The molecule has 0 saturated carbocycles. The highest BCUT2D eigenvalue weighted by atomic mass is 16.5. The zero-order valence-electron chi connectivity index (χ0n) is 10.6. The van der Waals surface area contributed by atoms with E-state index in [9.17, 15) is 0 Å². The minimum atomic E-state index is 0.621. The maximum atomic E-state index is 5.76. The Hall–Kier alpha value is -1.06. The summed E-state index contributed by atoms with van der Waals surface area (Å²) in [6, 6.07) is 8.80. The highest BCUT2D eigenvalue weighted by Gasteiger charge is 2.19. The van der Waals surface area contributed by atoms with E-state index in [-0.39, 0.29) is 0 Å². The van der Waals surface area contributed by atoms with E-state index in [0.29, 0.717) is 6.04 Å². The molecule has 3 heteroatoms. The number of hydrogen-bond donors (Lipinski definition) is 1. The summed E-state index contributed by atoms with van der Waals surface area (Å²) in [6.07, 6.45) is 3.45. The van der Waals surface area contributed by atoms with Gasteiger partial charge in [0.1, 0.15) is 0 Å². The minimum absolute atomic E-state index is 0.621. The molecule has 0 bridgehead atoms. The van der Waals surface area contributed by atoms with E-state index in [1.807, 2.05) is 12.1 Å². The summed E-state index contributed by atoms with van der Waals surface area (Å²) in [6.45, 7) is 2.95. The first-order valence-electron chi connectivity index (χ1n) is 6.38. The van der Waals surface area contributed by atoms with Gasteiger partial charge in [-0.3, -0.25) is 0 Å². The third-order valence-electron chi connectivity index (χ3n) is 3.46. The Labute approximate surface area is 104 Å². The van der Waals surface area contributed by atoms with E-state index >= 15 is 0 Å². The van der Waals surface area contributed by atoms with Crippen LogP contribution in [0.2, 0.25) is 0 Å². The van der Waals surface area contributed by atoms with Crippen molar-refractivity contribution in [3.05, 3.63) is 29.8 Å². The number of nitrogens with two attached hydrogens (primary N) is 1. The fourth-order valence-electron chi connectivity index (χ4n) is 2.33. The number of aryl methyl sites for hydroxylation is 1. The number of hydrogen-bond acceptors (Lipinski definition) is 3. The molecule has 1 aliphatic rings. The molecule has 0 aromatic heterocycles. The van der Waals surface area contributed by atoms with Crippen LogP contribution in [-0.4, -0.2) is 37.7 Å². The predicted octanol–water partition coefficient (Wildman–Crippen LogP) is 1.92. The average molecular weight is 234 g/mol. The van der Waals surface area contributed by atoms with Crippen LogP contribution in [-0.2, 0) is 11.2 Å². The normalized spacial score (nSPS) is 20.0. The molecule has 94 valence electrons. The molecule has 1 aliphatic heterocycles. The summed E-state index contributed by atoms with van der Waals surface area (Å²) in [5, 5.41) is 0. The van der Waals surface area contributed by atoms with Crippen LogP contribution in [0.5, 0.6) is 0 Å². The Kier molecular flexibility index (Phi) is 4.40. The van der Waals surface area contributed by atoms with Crippen molar-refractivity contribution < 1.29 is 4.74 Å². The molecule has 3 nitrogen and oxygen atoms in total. The SMILES string of the molecule is CN(CCCc1cccc(N)c1)C1CCOC1. The van der Waals surface area contributed by atoms with E-state index in [1.54, 1.807) is 0 Å². The Morgan fingerprint density at radius 2 is 2.35 bits per heavy atom. The molecule has 2 N–H and O–H groups in total. The summed E-state index contributed by atoms with van der Waals surface area (Å²) >= 11 is 0. The lowest BCUT2D eigenvalue weighted by Gasteiger charge is -2.22. The second kappa shape index (κ2) is 6.03. The summed E-state index contributed by atoms with van der Waals surface area (Å²) in [4.78, 5) is 2.42. The largest absolute Gasteiger partial charge is 0.399 e. The molecule has 0 radical (unpaired) electrons. The van der Waals surface area contributed by atoms with Crippen molar-refractivity contribution in [3.63, 3.8) is 0 Å². The van der Waals surface area contributed by atoms with Crippen LogP contribution in [0.15, 0.2) is 24.3 Å². The van der Waals surface area contributed by atoms with Gasteiger partial charge < -0.3 is 15.4 Å². The second-order valence-corrected chi connectivity index (χ2v) is 4.85. The molecular formula is C14H22N2O. The van der Waals surface area contributed by atoms with E-state index in [0.717, 1.165) is 31.9 Å². The summed E-state index contributed by atoms with van der Waals surface area (Å²) in [5.41, 5.74) is 7.96. The van der Waals surface area contributed by atoms with Gasteiger partial charge in [-0.2, -0.15) is 0 Å². The lowest BCUT2D eigenvalue weighted by atomic mass is 10.1. The molecule has 0 spiro atoms. The van der Waals surface area contributed by atoms with Crippen LogP contribution >= 0.6 is 0 Å². The van der Waals surface area contributed by atoms with E-state index in [1.165, 1.54) is 18.4 Å². The Bertz CT molecular complexity index is 348.